The number of carbonyl (C=O) groups excluding carboxylic acids is 3. The molecule has 0 heterocycles. The van der Waals surface area contributed by atoms with E-state index in [9.17, 15) is 24.3 Å². The molecule has 0 bridgehead atoms. The maximum absolute atomic E-state index is 12.5. The van der Waals surface area contributed by atoms with Crippen LogP contribution in [0.1, 0.15) is 87.6 Å². The molecule has 2 N–H and O–H groups in total. The van der Waals surface area contributed by atoms with Gasteiger partial charge in [0.05, 0.1) is 5.41 Å². The average Bonchev–Trinajstić information content (AvgIpc) is 2.81. The molecular formula is C29H45NO10. The number of ether oxygens (including phenoxy) is 5. The molecule has 1 unspecified atom stereocenters. The summed E-state index contributed by atoms with van der Waals surface area (Å²) in [6.45, 7) is 17.5. The van der Waals surface area contributed by atoms with Gasteiger partial charge in [-0.3, -0.25) is 9.59 Å². The summed E-state index contributed by atoms with van der Waals surface area (Å²) in [6.07, 6.45) is -1.53. The Kier molecular flexibility index (Phi) is 12.4. The maximum Gasteiger partial charge on any atom is 0.514 e. The summed E-state index contributed by atoms with van der Waals surface area (Å²) in [4.78, 5) is 49.0. The molecule has 2 atom stereocenters. The van der Waals surface area contributed by atoms with Crippen LogP contribution in [0.4, 0.5) is 9.59 Å². The molecule has 11 heteroatoms. The van der Waals surface area contributed by atoms with E-state index in [1.165, 1.54) is 12.1 Å². The van der Waals surface area contributed by atoms with Crippen LogP contribution in [-0.4, -0.2) is 59.2 Å². The Morgan fingerprint density at radius 2 is 1.35 bits per heavy atom. The summed E-state index contributed by atoms with van der Waals surface area (Å²) in [5.41, 5.74) is -1.80. The Labute approximate surface area is 236 Å². The summed E-state index contributed by atoms with van der Waals surface area (Å²) < 4.78 is 26.7. The van der Waals surface area contributed by atoms with E-state index in [4.69, 9.17) is 23.7 Å². The number of carboxylic acid groups (broad SMARTS) is 1. The topological polar surface area (TPSA) is 147 Å². The fourth-order valence-corrected chi connectivity index (χ4v) is 2.85. The standard InChI is InChI=1S/C29H45NO10/c1-11-28(7,8)39-25(34)37-21-14-13-19(16-22(21)38-26(35)40-29(9,10)12-2)15-20(23(31)32)30-17-18(3)36-24(33)27(4,5)6/h13-14,16,18,20,30H,11-12,15,17H2,1-10H3,(H,31,32)/t18?,20-/m0/s1. The van der Waals surface area contributed by atoms with Gasteiger partial charge in [0.25, 0.3) is 0 Å². The molecule has 1 aromatic carbocycles. The van der Waals surface area contributed by atoms with Crippen molar-refractivity contribution < 1.29 is 48.0 Å². The van der Waals surface area contributed by atoms with E-state index < -0.39 is 53.0 Å². The van der Waals surface area contributed by atoms with Gasteiger partial charge in [-0.15, -0.1) is 0 Å². The number of carbonyl (C=O) groups is 4. The van der Waals surface area contributed by atoms with Gasteiger partial charge in [0.15, 0.2) is 11.5 Å². The van der Waals surface area contributed by atoms with Crippen LogP contribution in [0.25, 0.3) is 0 Å². The minimum absolute atomic E-state index is 0.0191. The lowest BCUT2D eigenvalue weighted by Crippen LogP contribution is -2.43. The van der Waals surface area contributed by atoms with Crippen molar-refractivity contribution in [2.45, 2.75) is 112 Å². The van der Waals surface area contributed by atoms with E-state index in [2.05, 4.69) is 5.32 Å². The van der Waals surface area contributed by atoms with Gasteiger partial charge in [-0.1, -0.05) is 19.9 Å². The quantitative estimate of drug-likeness (QED) is 0.173. The molecule has 0 aromatic heterocycles. The van der Waals surface area contributed by atoms with Crippen molar-refractivity contribution in [2.24, 2.45) is 5.41 Å². The van der Waals surface area contributed by atoms with E-state index in [0.29, 0.717) is 18.4 Å². The third kappa shape index (κ3) is 12.2. The first-order valence-corrected chi connectivity index (χ1v) is 13.4. The van der Waals surface area contributed by atoms with Crippen molar-refractivity contribution in [1.82, 2.24) is 5.32 Å². The first-order chi connectivity index (χ1) is 18.3. The van der Waals surface area contributed by atoms with Crippen molar-refractivity contribution in [2.75, 3.05) is 6.54 Å². The molecule has 0 fully saturated rings. The monoisotopic (exact) mass is 567 g/mol. The zero-order chi connectivity index (χ0) is 30.9. The minimum atomic E-state index is -1.13. The Balaban J connectivity index is 3.14. The van der Waals surface area contributed by atoms with Gasteiger partial charge in [-0.25, -0.2) is 9.59 Å². The van der Waals surface area contributed by atoms with Gasteiger partial charge in [0, 0.05) is 6.54 Å². The number of carboxylic acids is 1. The number of aliphatic carboxylic acids is 1. The van der Waals surface area contributed by atoms with Crippen LogP contribution in [-0.2, 0) is 30.2 Å². The molecule has 0 aliphatic rings. The van der Waals surface area contributed by atoms with Crippen molar-refractivity contribution >= 4 is 24.2 Å². The highest BCUT2D eigenvalue weighted by molar-refractivity contribution is 5.76. The number of hydrogen-bond acceptors (Lipinski definition) is 10. The van der Waals surface area contributed by atoms with Gasteiger partial charge < -0.3 is 34.1 Å². The van der Waals surface area contributed by atoms with Crippen molar-refractivity contribution in [3.05, 3.63) is 23.8 Å². The lowest BCUT2D eigenvalue weighted by atomic mass is 9.97. The molecule has 226 valence electrons. The van der Waals surface area contributed by atoms with E-state index in [1.807, 2.05) is 13.8 Å². The largest absolute Gasteiger partial charge is 0.514 e. The zero-order valence-electron chi connectivity index (χ0n) is 25.3. The van der Waals surface area contributed by atoms with Crippen LogP contribution >= 0.6 is 0 Å². The highest BCUT2D eigenvalue weighted by atomic mass is 16.8. The smallest absolute Gasteiger partial charge is 0.480 e. The lowest BCUT2D eigenvalue weighted by Gasteiger charge is -2.24. The summed E-state index contributed by atoms with van der Waals surface area (Å²) in [6, 6.07) is 3.27. The second kappa shape index (κ2) is 14.3. The second-order valence-electron chi connectivity index (χ2n) is 11.9. The lowest BCUT2D eigenvalue weighted by molar-refractivity contribution is -0.157. The van der Waals surface area contributed by atoms with Gasteiger partial charge in [0.1, 0.15) is 23.3 Å². The molecule has 0 amide bonds. The summed E-state index contributed by atoms with van der Waals surface area (Å²) in [5, 5.41) is 12.7. The molecular weight excluding hydrogens is 522 g/mol. The third-order valence-corrected chi connectivity index (χ3v) is 6.13. The number of esters is 1. The Morgan fingerprint density at radius 1 is 0.850 bits per heavy atom. The maximum atomic E-state index is 12.5. The molecule has 0 saturated heterocycles. The van der Waals surface area contributed by atoms with E-state index in [0.717, 1.165) is 0 Å². The van der Waals surface area contributed by atoms with E-state index in [-0.39, 0.29) is 24.5 Å². The first kappa shape index (κ1) is 34.7. The zero-order valence-corrected chi connectivity index (χ0v) is 25.3. The number of nitrogens with one attached hydrogen (secondary N) is 1. The van der Waals surface area contributed by atoms with Crippen LogP contribution in [0.5, 0.6) is 11.5 Å². The average molecular weight is 568 g/mol. The molecule has 0 saturated carbocycles. The van der Waals surface area contributed by atoms with Crippen LogP contribution < -0.4 is 14.8 Å². The second-order valence-corrected chi connectivity index (χ2v) is 11.9. The molecule has 40 heavy (non-hydrogen) atoms. The summed E-state index contributed by atoms with van der Waals surface area (Å²) in [5.74, 6) is -1.77. The Bertz CT molecular complexity index is 1040. The Morgan fingerprint density at radius 3 is 1.80 bits per heavy atom. The molecule has 0 spiro atoms. The molecule has 1 rings (SSSR count). The first-order valence-electron chi connectivity index (χ1n) is 13.4. The SMILES string of the molecule is CCC(C)(C)OC(=O)Oc1ccc(C[C@H](NCC(C)OC(=O)C(C)(C)C)C(=O)O)cc1OC(=O)OC(C)(C)CC. The predicted molar refractivity (Wildman–Crippen MR) is 148 cm³/mol. The highest BCUT2D eigenvalue weighted by Gasteiger charge is 2.28. The van der Waals surface area contributed by atoms with Gasteiger partial charge in [-0.05, 0) is 92.3 Å². The van der Waals surface area contributed by atoms with Crippen LogP contribution in [0.2, 0.25) is 0 Å². The number of rotatable bonds is 13. The third-order valence-electron chi connectivity index (χ3n) is 6.13. The van der Waals surface area contributed by atoms with Crippen LogP contribution in [0, 0.1) is 5.41 Å². The van der Waals surface area contributed by atoms with Gasteiger partial charge in [-0.2, -0.15) is 0 Å². The summed E-state index contributed by atoms with van der Waals surface area (Å²) >= 11 is 0. The Hall–Kier alpha value is -3.34. The summed E-state index contributed by atoms with van der Waals surface area (Å²) in [7, 11) is 0. The molecule has 0 aliphatic carbocycles. The van der Waals surface area contributed by atoms with Crippen molar-refractivity contribution in [3.63, 3.8) is 0 Å². The van der Waals surface area contributed by atoms with Gasteiger partial charge in [0.2, 0.25) is 0 Å². The number of benzene rings is 1. The van der Waals surface area contributed by atoms with E-state index in [1.54, 1.807) is 61.5 Å². The molecule has 0 aliphatic heterocycles. The van der Waals surface area contributed by atoms with E-state index >= 15 is 0 Å². The van der Waals surface area contributed by atoms with Crippen molar-refractivity contribution in [1.29, 1.82) is 0 Å². The fraction of sp³-hybridized carbons (Fsp3) is 0.655. The number of hydrogen-bond donors (Lipinski definition) is 2. The van der Waals surface area contributed by atoms with Crippen molar-refractivity contribution in [3.8, 4) is 11.5 Å². The van der Waals surface area contributed by atoms with Crippen LogP contribution in [0.15, 0.2) is 18.2 Å². The van der Waals surface area contributed by atoms with Gasteiger partial charge >= 0.3 is 24.2 Å². The predicted octanol–water partition coefficient (Wildman–Crippen LogP) is 5.66. The minimum Gasteiger partial charge on any atom is -0.480 e. The fourth-order valence-electron chi connectivity index (χ4n) is 2.85. The normalized spacial score (nSPS) is 13.6. The van der Waals surface area contributed by atoms with Crippen LogP contribution in [0.3, 0.4) is 0 Å². The molecule has 1 aromatic rings. The molecule has 0 radical (unpaired) electrons. The molecule has 11 nitrogen and oxygen atoms in total. The highest BCUT2D eigenvalue weighted by Crippen LogP contribution is 2.31.